The van der Waals surface area contributed by atoms with Gasteiger partial charge in [-0.25, -0.2) is 21.8 Å². The van der Waals surface area contributed by atoms with Crippen LogP contribution in [0, 0.1) is 0 Å². The van der Waals surface area contributed by atoms with Gasteiger partial charge in [-0.15, -0.1) is 0 Å². The van der Waals surface area contributed by atoms with E-state index in [2.05, 4.69) is 4.98 Å². The molecule has 1 fully saturated rings. The summed E-state index contributed by atoms with van der Waals surface area (Å²) in [7, 11) is -5.60. The zero-order valence-corrected chi connectivity index (χ0v) is 12.0. The van der Waals surface area contributed by atoms with Crippen LogP contribution in [0.3, 0.4) is 0 Å². The molecule has 0 aliphatic carbocycles. The summed E-state index contributed by atoms with van der Waals surface area (Å²) in [4.78, 5) is 3.64. The van der Waals surface area contributed by atoms with E-state index < -0.39 is 25.9 Å². The molecule has 0 amide bonds. The molecule has 9 heteroatoms. The van der Waals surface area contributed by atoms with E-state index in [0.717, 1.165) is 4.31 Å². The molecule has 1 aromatic heterocycles. The van der Waals surface area contributed by atoms with Gasteiger partial charge < -0.3 is 5.73 Å². The van der Waals surface area contributed by atoms with Gasteiger partial charge in [0.15, 0.2) is 9.84 Å². The third-order valence-corrected chi connectivity index (χ3v) is 6.89. The Balaban J connectivity index is 2.34. The van der Waals surface area contributed by atoms with Crippen LogP contribution in [-0.4, -0.2) is 50.7 Å². The summed E-state index contributed by atoms with van der Waals surface area (Å²) in [5.74, 6) is -0.224. The van der Waals surface area contributed by atoms with Crippen molar-refractivity contribution >= 4 is 25.7 Å². The number of sulfonamides is 1. The topological polar surface area (TPSA) is 110 Å². The molecule has 0 saturated carbocycles. The largest absolute Gasteiger partial charge is 0.383 e. The van der Waals surface area contributed by atoms with E-state index in [-0.39, 0.29) is 22.2 Å². The summed E-state index contributed by atoms with van der Waals surface area (Å²) in [5.41, 5.74) is 5.56. The minimum atomic E-state index is -3.82. The first-order valence-electron chi connectivity index (χ1n) is 5.63. The predicted molar refractivity (Wildman–Crippen MR) is 70.7 cm³/mol. The normalized spacial score (nSPS) is 22.7. The monoisotopic (exact) mass is 305 g/mol. The van der Waals surface area contributed by atoms with E-state index in [0.29, 0.717) is 6.42 Å². The summed E-state index contributed by atoms with van der Waals surface area (Å²) in [6.07, 6.45) is 1.70. The van der Waals surface area contributed by atoms with Crippen molar-refractivity contribution in [2.24, 2.45) is 0 Å². The quantitative estimate of drug-likeness (QED) is 0.804. The molecule has 1 saturated heterocycles. The average molecular weight is 305 g/mol. The lowest BCUT2D eigenvalue weighted by atomic mass is 10.3. The highest BCUT2D eigenvalue weighted by Gasteiger charge is 2.37. The molecule has 2 N–H and O–H groups in total. The van der Waals surface area contributed by atoms with Gasteiger partial charge in [0, 0.05) is 19.3 Å². The number of nitrogens with two attached hydrogens (primary N) is 1. The van der Waals surface area contributed by atoms with Crippen LogP contribution in [0.25, 0.3) is 0 Å². The van der Waals surface area contributed by atoms with Crippen molar-refractivity contribution in [1.82, 2.24) is 9.29 Å². The third-order valence-electron chi connectivity index (χ3n) is 3.18. The molecule has 0 aromatic carbocycles. The fraction of sp³-hybridized carbons (Fsp3) is 0.500. The highest BCUT2D eigenvalue weighted by atomic mass is 32.2. The van der Waals surface area contributed by atoms with Crippen LogP contribution in [0.5, 0.6) is 0 Å². The minimum Gasteiger partial charge on any atom is -0.383 e. The fourth-order valence-electron chi connectivity index (χ4n) is 2.03. The van der Waals surface area contributed by atoms with Crippen molar-refractivity contribution in [3.8, 4) is 0 Å². The molecule has 106 valence electrons. The van der Waals surface area contributed by atoms with Crippen molar-refractivity contribution in [3.05, 3.63) is 18.3 Å². The number of pyridine rings is 1. The lowest BCUT2D eigenvalue weighted by Gasteiger charge is -2.23. The van der Waals surface area contributed by atoms with E-state index in [1.54, 1.807) is 0 Å². The maximum Gasteiger partial charge on any atom is 0.246 e. The van der Waals surface area contributed by atoms with Gasteiger partial charge in [-0.1, -0.05) is 0 Å². The molecule has 1 atom stereocenters. The molecule has 0 spiro atoms. The summed E-state index contributed by atoms with van der Waals surface area (Å²) in [6, 6.07) is 2.29. The van der Waals surface area contributed by atoms with Crippen molar-refractivity contribution in [1.29, 1.82) is 0 Å². The third kappa shape index (κ3) is 2.72. The summed E-state index contributed by atoms with van der Waals surface area (Å²) in [5, 5.41) is 0. The van der Waals surface area contributed by atoms with Gasteiger partial charge in [-0.05, 0) is 18.6 Å². The fourth-order valence-corrected chi connectivity index (χ4v) is 5.35. The number of anilines is 1. The van der Waals surface area contributed by atoms with Gasteiger partial charge in [0.25, 0.3) is 0 Å². The van der Waals surface area contributed by atoms with E-state index in [4.69, 9.17) is 5.73 Å². The van der Waals surface area contributed by atoms with Crippen LogP contribution in [0.4, 0.5) is 5.82 Å². The first kappa shape index (κ1) is 14.2. The highest BCUT2D eigenvalue weighted by molar-refractivity contribution is 7.92. The van der Waals surface area contributed by atoms with Gasteiger partial charge in [0.05, 0.1) is 11.5 Å². The second-order valence-electron chi connectivity index (χ2n) is 4.46. The first-order chi connectivity index (χ1) is 8.74. The van der Waals surface area contributed by atoms with E-state index >= 15 is 0 Å². The number of aromatic nitrogens is 1. The Morgan fingerprint density at radius 2 is 2.16 bits per heavy atom. The smallest absolute Gasteiger partial charge is 0.246 e. The van der Waals surface area contributed by atoms with Gasteiger partial charge in [-0.2, -0.15) is 4.31 Å². The Bertz CT molecular complexity index is 684. The predicted octanol–water partition coefficient (Wildman–Crippen LogP) is -0.529. The lowest BCUT2D eigenvalue weighted by molar-refractivity contribution is 0.394. The van der Waals surface area contributed by atoms with Gasteiger partial charge in [0.2, 0.25) is 10.0 Å². The second-order valence-corrected chi connectivity index (χ2v) is 8.66. The molecule has 2 heterocycles. The van der Waals surface area contributed by atoms with Gasteiger partial charge in [0.1, 0.15) is 10.7 Å². The van der Waals surface area contributed by atoms with Crippen LogP contribution in [0.1, 0.15) is 6.42 Å². The number of hydrogen-bond donors (Lipinski definition) is 1. The molecule has 0 bridgehead atoms. The molecule has 1 unspecified atom stereocenters. The van der Waals surface area contributed by atoms with Crippen LogP contribution < -0.4 is 5.73 Å². The maximum atomic E-state index is 12.4. The van der Waals surface area contributed by atoms with E-state index in [1.165, 1.54) is 25.4 Å². The zero-order chi connectivity index (χ0) is 14.3. The Kier molecular flexibility index (Phi) is 3.54. The van der Waals surface area contributed by atoms with Crippen LogP contribution >= 0.6 is 0 Å². The number of sulfone groups is 1. The van der Waals surface area contributed by atoms with Gasteiger partial charge >= 0.3 is 0 Å². The van der Waals surface area contributed by atoms with Crippen LogP contribution in [-0.2, 0) is 19.9 Å². The second kappa shape index (κ2) is 4.73. The number of hydrogen-bond acceptors (Lipinski definition) is 6. The molecular weight excluding hydrogens is 290 g/mol. The standard InChI is InChI=1S/C10H15N3O4S2/c1-13(8-4-6-18(14,15)7-8)19(16,17)9-3-2-5-12-10(9)11/h2-3,5,8H,4,6-7H2,1H3,(H2,11,12). The summed E-state index contributed by atoms with van der Waals surface area (Å²) in [6.45, 7) is 0. The molecule has 0 radical (unpaired) electrons. The molecular formula is C10H15N3O4S2. The molecule has 2 rings (SSSR count). The molecule has 7 nitrogen and oxygen atoms in total. The molecule has 19 heavy (non-hydrogen) atoms. The van der Waals surface area contributed by atoms with Crippen molar-refractivity contribution in [2.75, 3.05) is 24.3 Å². The SMILES string of the molecule is CN(C1CCS(=O)(=O)C1)S(=O)(=O)c1cccnc1N. The maximum absolute atomic E-state index is 12.4. The molecule has 1 aliphatic heterocycles. The minimum absolute atomic E-state index is 0.0139. The van der Waals surface area contributed by atoms with Crippen molar-refractivity contribution < 1.29 is 16.8 Å². The molecule has 1 aromatic rings. The molecule has 1 aliphatic rings. The Labute approximate surface area is 112 Å². The Morgan fingerprint density at radius 1 is 1.47 bits per heavy atom. The van der Waals surface area contributed by atoms with Gasteiger partial charge in [-0.3, -0.25) is 0 Å². The van der Waals surface area contributed by atoms with E-state index in [9.17, 15) is 16.8 Å². The lowest BCUT2D eigenvalue weighted by Crippen LogP contribution is -2.38. The Morgan fingerprint density at radius 3 is 2.68 bits per heavy atom. The zero-order valence-electron chi connectivity index (χ0n) is 10.4. The van der Waals surface area contributed by atoms with Crippen molar-refractivity contribution in [2.45, 2.75) is 17.4 Å². The van der Waals surface area contributed by atoms with Crippen LogP contribution in [0.15, 0.2) is 23.2 Å². The van der Waals surface area contributed by atoms with E-state index in [1.807, 2.05) is 0 Å². The van der Waals surface area contributed by atoms with Crippen LogP contribution in [0.2, 0.25) is 0 Å². The highest BCUT2D eigenvalue weighted by Crippen LogP contribution is 2.25. The van der Waals surface area contributed by atoms with Crippen molar-refractivity contribution in [3.63, 3.8) is 0 Å². The number of nitrogen functional groups attached to an aromatic ring is 1. The Hall–Kier alpha value is -1.19. The summed E-state index contributed by atoms with van der Waals surface area (Å²) >= 11 is 0. The number of rotatable bonds is 3. The summed E-state index contributed by atoms with van der Waals surface area (Å²) < 4.78 is 48.6. The average Bonchev–Trinajstić information content (AvgIpc) is 2.69. The number of nitrogens with zero attached hydrogens (tertiary/aromatic N) is 2. The first-order valence-corrected chi connectivity index (χ1v) is 8.89.